The van der Waals surface area contributed by atoms with Gasteiger partial charge >= 0.3 is 6.61 Å². The molecule has 0 spiro atoms. The molecule has 2 rings (SSSR count). The molecule has 5 nitrogen and oxygen atoms in total. The molecule has 0 fully saturated rings. The van der Waals surface area contributed by atoms with Gasteiger partial charge in [0.25, 0.3) is 0 Å². The van der Waals surface area contributed by atoms with Crippen LogP contribution in [0.3, 0.4) is 0 Å². The number of ether oxygens (including phenoxy) is 1. The lowest BCUT2D eigenvalue weighted by molar-refractivity contribution is -0.121. The molecule has 0 saturated heterocycles. The molecule has 2 aromatic rings. The van der Waals surface area contributed by atoms with Crippen LogP contribution in [0.5, 0.6) is 5.75 Å². The van der Waals surface area contributed by atoms with E-state index in [0.717, 1.165) is 11.1 Å². The minimum Gasteiger partial charge on any atom is -0.435 e. The Kier molecular flexibility index (Phi) is 7.81. The van der Waals surface area contributed by atoms with Gasteiger partial charge < -0.3 is 10.5 Å². The first-order chi connectivity index (χ1) is 11.5. The van der Waals surface area contributed by atoms with E-state index in [1.165, 1.54) is 12.1 Å². The largest absolute Gasteiger partial charge is 0.435 e. The average molecular weight is 370 g/mol. The Bertz CT molecular complexity index is 697. The quantitative estimate of drug-likeness (QED) is 0.540. The van der Waals surface area contributed by atoms with Crippen molar-refractivity contribution in [3.8, 4) is 5.75 Å². The third kappa shape index (κ3) is 6.39. The van der Waals surface area contributed by atoms with Gasteiger partial charge in [-0.1, -0.05) is 42.5 Å². The summed E-state index contributed by atoms with van der Waals surface area (Å²) in [5.41, 5.74) is 6.77. The van der Waals surface area contributed by atoms with E-state index >= 15 is 0 Å². The molecule has 8 heteroatoms. The fourth-order valence-corrected chi connectivity index (χ4v) is 2.31. The van der Waals surface area contributed by atoms with E-state index in [0.29, 0.717) is 6.42 Å². The number of nitrogens with two attached hydrogens (primary N) is 1. The maximum Gasteiger partial charge on any atom is 0.387 e. The van der Waals surface area contributed by atoms with Crippen LogP contribution in [0, 0.1) is 5.41 Å². The van der Waals surface area contributed by atoms with E-state index in [1.807, 2.05) is 18.2 Å². The average Bonchev–Trinajstić information content (AvgIpc) is 2.53. The molecule has 1 unspecified atom stereocenters. The van der Waals surface area contributed by atoms with E-state index < -0.39 is 24.4 Å². The van der Waals surface area contributed by atoms with Crippen LogP contribution in [-0.2, 0) is 11.2 Å². The van der Waals surface area contributed by atoms with Gasteiger partial charge in [-0.15, -0.1) is 12.4 Å². The van der Waals surface area contributed by atoms with Crippen molar-refractivity contribution in [2.45, 2.75) is 19.0 Å². The number of hydrogen-bond donors (Lipinski definition) is 3. The second-order valence-electron chi connectivity index (χ2n) is 5.09. The van der Waals surface area contributed by atoms with Gasteiger partial charge in [0.15, 0.2) is 5.96 Å². The molecule has 0 heterocycles. The number of guanidine groups is 1. The van der Waals surface area contributed by atoms with Crippen molar-refractivity contribution in [3.05, 3.63) is 65.7 Å². The summed E-state index contributed by atoms with van der Waals surface area (Å²) in [5, 5.41) is 9.51. The van der Waals surface area contributed by atoms with Crippen LogP contribution in [0.1, 0.15) is 17.0 Å². The van der Waals surface area contributed by atoms with E-state index in [1.54, 1.807) is 24.3 Å². The third-order valence-electron chi connectivity index (χ3n) is 3.36. The molecule has 0 radical (unpaired) electrons. The Morgan fingerprint density at radius 3 is 2.24 bits per heavy atom. The highest BCUT2D eigenvalue weighted by Gasteiger charge is 2.21. The van der Waals surface area contributed by atoms with Crippen LogP contribution >= 0.6 is 12.4 Å². The standard InChI is InChI=1S/C17H17F2N3O2.ClH/c18-16(19)24-13-8-6-11(7-9-13)10-14(15(23)22-17(20)21)12-4-2-1-3-5-12;/h1-9,14,16H,10H2,(H4,20,21,22,23);1H. The second kappa shape index (κ2) is 9.58. The van der Waals surface area contributed by atoms with Crippen LogP contribution in [0.4, 0.5) is 8.78 Å². The molecule has 0 bridgehead atoms. The maximum absolute atomic E-state index is 12.3. The first kappa shape index (κ1) is 20.4. The maximum atomic E-state index is 12.3. The summed E-state index contributed by atoms with van der Waals surface area (Å²) in [4.78, 5) is 12.3. The van der Waals surface area contributed by atoms with E-state index in [2.05, 4.69) is 10.1 Å². The summed E-state index contributed by atoms with van der Waals surface area (Å²) in [6, 6.07) is 15.1. The van der Waals surface area contributed by atoms with Crippen LogP contribution < -0.4 is 15.8 Å². The Labute approximate surface area is 150 Å². The van der Waals surface area contributed by atoms with Gasteiger partial charge in [0.05, 0.1) is 5.92 Å². The number of alkyl halides is 2. The van der Waals surface area contributed by atoms with Gasteiger partial charge in [-0.25, -0.2) is 0 Å². The van der Waals surface area contributed by atoms with Gasteiger partial charge in [-0.2, -0.15) is 8.78 Å². The van der Waals surface area contributed by atoms with Gasteiger partial charge in [-0.05, 0) is 29.7 Å². The molecule has 0 aliphatic carbocycles. The SMILES string of the molecule is Cl.N=C(N)NC(=O)C(Cc1ccc(OC(F)F)cc1)c1ccccc1. The minimum atomic E-state index is -2.88. The number of carbonyl (C=O) groups is 1. The predicted octanol–water partition coefficient (Wildman–Crippen LogP) is 3.05. The Balaban J connectivity index is 0.00000312. The van der Waals surface area contributed by atoms with Crippen molar-refractivity contribution < 1.29 is 18.3 Å². The molecule has 0 aromatic heterocycles. The highest BCUT2D eigenvalue weighted by Crippen LogP contribution is 2.23. The summed E-state index contributed by atoms with van der Waals surface area (Å²) in [6.07, 6.45) is 0.331. The summed E-state index contributed by atoms with van der Waals surface area (Å²) in [6.45, 7) is -2.88. The number of amides is 1. The molecule has 4 N–H and O–H groups in total. The molecule has 0 saturated carbocycles. The molecule has 25 heavy (non-hydrogen) atoms. The van der Waals surface area contributed by atoms with Crippen LogP contribution in [0.15, 0.2) is 54.6 Å². The zero-order valence-corrected chi connectivity index (χ0v) is 13.9. The highest BCUT2D eigenvalue weighted by atomic mass is 35.5. The van der Waals surface area contributed by atoms with Gasteiger partial charge in [0, 0.05) is 0 Å². The Hall–Kier alpha value is -2.67. The van der Waals surface area contributed by atoms with E-state index in [4.69, 9.17) is 11.1 Å². The molecule has 0 aliphatic rings. The van der Waals surface area contributed by atoms with Crippen molar-refractivity contribution in [2.24, 2.45) is 5.73 Å². The number of halogens is 3. The lowest BCUT2D eigenvalue weighted by Crippen LogP contribution is -2.39. The lowest BCUT2D eigenvalue weighted by atomic mass is 9.91. The number of benzene rings is 2. The smallest absolute Gasteiger partial charge is 0.387 e. The Morgan fingerprint density at radius 1 is 1.12 bits per heavy atom. The van der Waals surface area contributed by atoms with Crippen molar-refractivity contribution in [1.82, 2.24) is 5.32 Å². The van der Waals surface area contributed by atoms with Crippen LogP contribution in [0.25, 0.3) is 0 Å². The Morgan fingerprint density at radius 2 is 1.72 bits per heavy atom. The first-order valence-corrected chi connectivity index (χ1v) is 7.19. The van der Waals surface area contributed by atoms with E-state index in [-0.39, 0.29) is 18.2 Å². The fraction of sp³-hybridized carbons (Fsp3) is 0.176. The zero-order chi connectivity index (χ0) is 17.5. The summed E-state index contributed by atoms with van der Waals surface area (Å²) < 4.78 is 28.6. The first-order valence-electron chi connectivity index (χ1n) is 7.19. The fourth-order valence-electron chi connectivity index (χ4n) is 2.31. The third-order valence-corrected chi connectivity index (χ3v) is 3.36. The van der Waals surface area contributed by atoms with Gasteiger partial charge in [0.2, 0.25) is 5.91 Å². The molecular formula is C17H18ClF2N3O2. The van der Waals surface area contributed by atoms with Crippen LogP contribution in [-0.4, -0.2) is 18.5 Å². The molecule has 1 amide bonds. The number of hydrogen-bond acceptors (Lipinski definition) is 3. The molecule has 1 atom stereocenters. The second-order valence-corrected chi connectivity index (χ2v) is 5.09. The highest BCUT2D eigenvalue weighted by molar-refractivity contribution is 5.98. The van der Waals surface area contributed by atoms with Crippen LogP contribution in [0.2, 0.25) is 0 Å². The zero-order valence-electron chi connectivity index (χ0n) is 13.1. The van der Waals surface area contributed by atoms with Crippen molar-refractivity contribution in [3.63, 3.8) is 0 Å². The lowest BCUT2D eigenvalue weighted by Gasteiger charge is -2.17. The summed E-state index contributed by atoms with van der Waals surface area (Å²) >= 11 is 0. The summed E-state index contributed by atoms with van der Waals surface area (Å²) in [7, 11) is 0. The monoisotopic (exact) mass is 369 g/mol. The van der Waals surface area contributed by atoms with Gasteiger partial charge in [-0.3, -0.25) is 15.5 Å². The number of nitrogens with one attached hydrogen (secondary N) is 2. The molecule has 134 valence electrons. The minimum absolute atomic E-state index is 0. The summed E-state index contributed by atoms with van der Waals surface area (Å²) in [5.74, 6) is -1.33. The van der Waals surface area contributed by atoms with Gasteiger partial charge in [0.1, 0.15) is 5.75 Å². The molecule has 0 aliphatic heterocycles. The topological polar surface area (TPSA) is 88.2 Å². The molecular weight excluding hydrogens is 352 g/mol. The number of rotatable bonds is 6. The normalized spacial score (nSPS) is 11.3. The molecule has 2 aromatic carbocycles. The number of carbonyl (C=O) groups excluding carboxylic acids is 1. The van der Waals surface area contributed by atoms with Crippen molar-refractivity contribution >= 4 is 24.3 Å². The predicted molar refractivity (Wildman–Crippen MR) is 93.3 cm³/mol. The van der Waals surface area contributed by atoms with Crippen molar-refractivity contribution in [2.75, 3.05) is 0 Å². The van der Waals surface area contributed by atoms with E-state index in [9.17, 15) is 13.6 Å². The van der Waals surface area contributed by atoms with Crippen molar-refractivity contribution in [1.29, 1.82) is 5.41 Å².